The molecule has 5 heteroatoms. The number of rotatable bonds is 3. The van der Waals surface area contributed by atoms with Crippen LogP contribution in [-0.4, -0.2) is 14.8 Å². The summed E-state index contributed by atoms with van der Waals surface area (Å²) in [6.07, 6.45) is 2.08. The zero-order chi connectivity index (χ0) is 10.8. The molecule has 0 aliphatic heterocycles. The number of unbranched alkanes of at least 4 members (excludes halogenated alkanes) is 1. The van der Waals surface area contributed by atoms with Crippen LogP contribution in [0.5, 0.6) is 0 Å². The lowest BCUT2D eigenvalue weighted by atomic mass is 10.3. The van der Waals surface area contributed by atoms with Crippen molar-refractivity contribution in [1.82, 2.24) is 14.8 Å². The summed E-state index contributed by atoms with van der Waals surface area (Å²) in [7, 11) is 0. The first-order valence-electron chi connectivity index (χ1n) is 4.97. The van der Waals surface area contributed by atoms with Gasteiger partial charge in [0.1, 0.15) is 5.15 Å². The number of nitrogens with one attached hydrogen (secondary N) is 1. The number of hydrogen-bond donors (Lipinski definition) is 1. The van der Waals surface area contributed by atoms with Crippen LogP contribution in [-0.2, 0) is 6.54 Å². The molecule has 0 amide bonds. The van der Waals surface area contributed by atoms with Gasteiger partial charge in [0.15, 0.2) is 5.65 Å². The molecule has 0 saturated heterocycles. The van der Waals surface area contributed by atoms with Crippen molar-refractivity contribution in [2.75, 3.05) is 0 Å². The van der Waals surface area contributed by atoms with E-state index in [9.17, 15) is 4.79 Å². The summed E-state index contributed by atoms with van der Waals surface area (Å²) >= 11 is 5.79. The lowest BCUT2D eigenvalue weighted by molar-refractivity contribution is 0.580. The first-order valence-corrected chi connectivity index (χ1v) is 5.35. The number of hydrogen-bond acceptors (Lipinski definition) is 2. The second-order valence-electron chi connectivity index (χ2n) is 3.45. The van der Waals surface area contributed by atoms with E-state index in [0.717, 1.165) is 19.4 Å². The van der Waals surface area contributed by atoms with Crippen molar-refractivity contribution in [1.29, 1.82) is 0 Å². The zero-order valence-electron chi connectivity index (χ0n) is 8.46. The molecule has 1 N–H and O–H groups in total. The summed E-state index contributed by atoms with van der Waals surface area (Å²) in [6, 6.07) is 3.33. The predicted molar refractivity (Wildman–Crippen MR) is 60.3 cm³/mol. The number of fused-ring (bicyclic) bond motifs is 1. The topological polar surface area (TPSA) is 50.7 Å². The Labute approximate surface area is 91.9 Å². The van der Waals surface area contributed by atoms with E-state index < -0.39 is 0 Å². The SMILES string of the molecule is CCCCn1[nH]c(=O)c2ccc(Cl)nc21. The largest absolute Gasteiger partial charge is 0.273 e. The molecule has 2 aromatic heterocycles. The van der Waals surface area contributed by atoms with Crippen LogP contribution >= 0.6 is 11.6 Å². The minimum Gasteiger partial charge on any atom is -0.267 e. The average Bonchev–Trinajstić information content (AvgIpc) is 2.52. The molecule has 0 aliphatic rings. The molecule has 0 aromatic carbocycles. The van der Waals surface area contributed by atoms with Crippen LogP contribution in [0.1, 0.15) is 19.8 Å². The number of nitrogens with zero attached hydrogens (tertiary/aromatic N) is 2. The smallest absolute Gasteiger partial charge is 0.267 e. The summed E-state index contributed by atoms with van der Waals surface area (Å²) in [5.41, 5.74) is 0.534. The fourth-order valence-electron chi connectivity index (χ4n) is 1.52. The Balaban J connectivity index is 2.54. The first kappa shape index (κ1) is 10.2. The Hall–Kier alpha value is -1.29. The predicted octanol–water partition coefficient (Wildman–Crippen LogP) is 2.18. The normalized spacial score (nSPS) is 11.1. The molecule has 0 radical (unpaired) electrons. The number of aromatic amines is 1. The van der Waals surface area contributed by atoms with E-state index in [1.165, 1.54) is 0 Å². The molecule has 15 heavy (non-hydrogen) atoms. The van der Waals surface area contributed by atoms with Crippen LogP contribution < -0.4 is 5.56 Å². The maximum atomic E-state index is 11.5. The van der Waals surface area contributed by atoms with Crippen molar-refractivity contribution in [3.05, 3.63) is 27.6 Å². The van der Waals surface area contributed by atoms with Gasteiger partial charge in [0.25, 0.3) is 5.56 Å². The molecule has 0 unspecified atom stereocenters. The van der Waals surface area contributed by atoms with E-state index in [4.69, 9.17) is 11.6 Å². The van der Waals surface area contributed by atoms with Crippen molar-refractivity contribution in [2.45, 2.75) is 26.3 Å². The van der Waals surface area contributed by atoms with Crippen LogP contribution in [0.3, 0.4) is 0 Å². The summed E-state index contributed by atoms with van der Waals surface area (Å²) in [5, 5.41) is 3.76. The fraction of sp³-hybridized carbons (Fsp3) is 0.400. The molecule has 0 bridgehead atoms. The molecule has 0 spiro atoms. The molecular formula is C10H12ClN3O. The van der Waals surface area contributed by atoms with Crippen LogP contribution in [0, 0.1) is 0 Å². The second kappa shape index (κ2) is 4.06. The molecule has 0 atom stereocenters. The Morgan fingerprint density at radius 3 is 3.07 bits per heavy atom. The van der Waals surface area contributed by atoms with E-state index in [2.05, 4.69) is 17.0 Å². The Bertz CT molecular complexity index is 529. The van der Waals surface area contributed by atoms with Gasteiger partial charge in [0, 0.05) is 6.54 Å². The van der Waals surface area contributed by atoms with Gasteiger partial charge in [0.2, 0.25) is 0 Å². The van der Waals surface area contributed by atoms with Gasteiger partial charge in [-0.05, 0) is 18.6 Å². The van der Waals surface area contributed by atoms with E-state index in [-0.39, 0.29) is 5.56 Å². The Kier molecular flexibility index (Phi) is 2.77. The standard InChI is InChI=1S/C10H12ClN3O/c1-2-3-6-14-9-7(10(15)13-14)4-5-8(11)12-9/h4-5H,2-3,6H2,1H3,(H,13,15). The number of pyridine rings is 1. The Morgan fingerprint density at radius 2 is 2.33 bits per heavy atom. The number of H-pyrrole nitrogens is 1. The summed E-state index contributed by atoms with van der Waals surface area (Å²) in [4.78, 5) is 15.7. The number of aromatic nitrogens is 3. The van der Waals surface area contributed by atoms with Crippen molar-refractivity contribution in [3.8, 4) is 0 Å². The van der Waals surface area contributed by atoms with Gasteiger partial charge in [-0.25, -0.2) is 4.98 Å². The summed E-state index contributed by atoms with van der Waals surface area (Å²) < 4.78 is 1.76. The zero-order valence-corrected chi connectivity index (χ0v) is 9.21. The highest BCUT2D eigenvalue weighted by atomic mass is 35.5. The summed E-state index contributed by atoms with van der Waals surface area (Å²) in [5.74, 6) is 0. The molecule has 0 aliphatic carbocycles. The van der Waals surface area contributed by atoms with E-state index in [1.54, 1.807) is 16.8 Å². The monoisotopic (exact) mass is 225 g/mol. The van der Waals surface area contributed by atoms with Crippen molar-refractivity contribution in [2.24, 2.45) is 0 Å². The van der Waals surface area contributed by atoms with Crippen LogP contribution in [0.4, 0.5) is 0 Å². The highest BCUT2D eigenvalue weighted by Gasteiger charge is 2.07. The highest BCUT2D eigenvalue weighted by molar-refractivity contribution is 6.29. The van der Waals surface area contributed by atoms with Gasteiger partial charge >= 0.3 is 0 Å². The molecule has 2 rings (SSSR count). The average molecular weight is 226 g/mol. The van der Waals surface area contributed by atoms with Crippen LogP contribution in [0.25, 0.3) is 11.0 Å². The quantitative estimate of drug-likeness (QED) is 0.814. The van der Waals surface area contributed by atoms with Gasteiger partial charge in [-0.15, -0.1) is 0 Å². The third-order valence-corrected chi connectivity index (χ3v) is 2.52. The molecule has 2 aromatic rings. The van der Waals surface area contributed by atoms with Gasteiger partial charge in [-0.1, -0.05) is 24.9 Å². The molecule has 80 valence electrons. The van der Waals surface area contributed by atoms with Crippen molar-refractivity contribution in [3.63, 3.8) is 0 Å². The van der Waals surface area contributed by atoms with Crippen molar-refractivity contribution < 1.29 is 0 Å². The van der Waals surface area contributed by atoms with E-state index in [1.807, 2.05) is 0 Å². The van der Waals surface area contributed by atoms with Crippen LogP contribution in [0.15, 0.2) is 16.9 Å². The summed E-state index contributed by atoms with van der Waals surface area (Å²) in [6.45, 7) is 2.87. The Morgan fingerprint density at radius 1 is 1.53 bits per heavy atom. The van der Waals surface area contributed by atoms with Crippen LogP contribution in [0.2, 0.25) is 5.15 Å². The molecular weight excluding hydrogens is 214 g/mol. The maximum absolute atomic E-state index is 11.5. The maximum Gasteiger partial charge on any atom is 0.273 e. The van der Waals surface area contributed by atoms with Gasteiger partial charge < -0.3 is 0 Å². The van der Waals surface area contributed by atoms with E-state index in [0.29, 0.717) is 16.2 Å². The van der Waals surface area contributed by atoms with Gasteiger partial charge in [-0.2, -0.15) is 0 Å². The molecule has 4 nitrogen and oxygen atoms in total. The molecule has 0 fully saturated rings. The van der Waals surface area contributed by atoms with Gasteiger partial charge in [0.05, 0.1) is 5.39 Å². The number of halogens is 1. The molecule has 2 heterocycles. The van der Waals surface area contributed by atoms with Gasteiger partial charge in [-0.3, -0.25) is 14.6 Å². The second-order valence-corrected chi connectivity index (χ2v) is 3.84. The minimum atomic E-state index is -0.106. The van der Waals surface area contributed by atoms with E-state index >= 15 is 0 Å². The third kappa shape index (κ3) is 1.90. The third-order valence-electron chi connectivity index (χ3n) is 2.31. The first-order chi connectivity index (χ1) is 7.22. The molecule has 0 saturated carbocycles. The van der Waals surface area contributed by atoms with Crippen molar-refractivity contribution >= 4 is 22.6 Å². The lowest BCUT2D eigenvalue weighted by Gasteiger charge is -2.01. The number of aryl methyl sites for hydroxylation is 1. The minimum absolute atomic E-state index is 0.106. The lowest BCUT2D eigenvalue weighted by Crippen LogP contribution is -2.05. The highest BCUT2D eigenvalue weighted by Crippen LogP contribution is 2.12. The fourth-order valence-corrected chi connectivity index (χ4v) is 1.67.